The molecule has 0 aliphatic carbocycles. The lowest BCUT2D eigenvalue weighted by molar-refractivity contribution is -0.117. The number of carbonyl (C=O) groups excluding carboxylic acids is 2. The molecule has 169 valence electrons. The number of nitrogens with zero attached hydrogens (tertiary/aromatic N) is 3. The van der Waals surface area contributed by atoms with Gasteiger partial charge in [-0.3, -0.25) is 4.79 Å². The highest BCUT2D eigenvalue weighted by atomic mass is 79.9. The summed E-state index contributed by atoms with van der Waals surface area (Å²) in [6.45, 7) is 0.634. The Bertz CT molecular complexity index is 1070. The fraction of sp³-hybridized carbons (Fsp3) is 0.238. The molecule has 3 aromatic rings. The van der Waals surface area contributed by atoms with E-state index in [1.54, 1.807) is 29.1 Å². The number of benzene rings is 2. The van der Waals surface area contributed by atoms with E-state index in [1.807, 2.05) is 24.3 Å². The molecule has 1 amide bonds. The van der Waals surface area contributed by atoms with E-state index in [0.29, 0.717) is 36.3 Å². The zero-order chi connectivity index (χ0) is 22.9. The molecular formula is C21H25BBrClN5O3. The molecule has 0 saturated carbocycles. The number of hydrogen-bond donors (Lipinski definition) is 3. The van der Waals surface area contributed by atoms with Gasteiger partial charge in [0, 0.05) is 36.8 Å². The number of halogens is 2. The van der Waals surface area contributed by atoms with Gasteiger partial charge in [-0.2, -0.15) is 0 Å². The van der Waals surface area contributed by atoms with Gasteiger partial charge >= 0.3 is 0 Å². The standard InChI is InChI=1S/C21H21BBrClN5O3.2H2/c23-16-4-7-18(24)15(10-16)11-19(27-22-13-31)21(32)26-17-5-2-14(3-6-17)20-12-25-28-29(20)8-1-9-30;;/h2-7,10,12-13,19,27,30H,1,8-9,11H2,(H,26,32);2*1H. The van der Waals surface area contributed by atoms with Crippen molar-refractivity contribution < 1.29 is 17.5 Å². The Morgan fingerprint density at radius 1 is 1.31 bits per heavy atom. The zero-order valence-electron chi connectivity index (χ0n) is 17.0. The van der Waals surface area contributed by atoms with Crippen molar-refractivity contribution in [2.24, 2.45) is 0 Å². The highest BCUT2D eigenvalue weighted by Crippen LogP contribution is 2.23. The number of aromatic nitrogens is 3. The highest BCUT2D eigenvalue weighted by Gasteiger charge is 2.20. The minimum atomic E-state index is -0.698. The predicted octanol–water partition coefficient (Wildman–Crippen LogP) is 3.18. The summed E-state index contributed by atoms with van der Waals surface area (Å²) >= 11 is 9.67. The highest BCUT2D eigenvalue weighted by molar-refractivity contribution is 9.10. The van der Waals surface area contributed by atoms with Crippen molar-refractivity contribution in [3.8, 4) is 11.3 Å². The molecule has 3 rings (SSSR count). The van der Waals surface area contributed by atoms with Gasteiger partial charge in [0.2, 0.25) is 5.91 Å². The first-order valence-corrected chi connectivity index (χ1v) is 11.1. The first kappa shape index (κ1) is 24.1. The molecule has 2 aromatic carbocycles. The van der Waals surface area contributed by atoms with Crippen LogP contribution in [0.5, 0.6) is 0 Å². The molecule has 1 radical (unpaired) electrons. The smallest absolute Gasteiger partial charge is 0.291 e. The number of nitrogens with one attached hydrogen (secondary N) is 2. The van der Waals surface area contributed by atoms with Crippen LogP contribution < -0.4 is 10.5 Å². The molecule has 1 aromatic heterocycles. The number of carbonyl (C=O) groups is 2. The fourth-order valence-electron chi connectivity index (χ4n) is 3.12. The molecule has 0 bridgehead atoms. The average molecular weight is 522 g/mol. The van der Waals surface area contributed by atoms with E-state index >= 15 is 0 Å². The Kier molecular flexibility index (Phi) is 8.98. The Morgan fingerprint density at radius 3 is 2.81 bits per heavy atom. The molecule has 0 saturated heterocycles. The Balaban J connectivity index is 0.00000289. The van der Waals surface area contributed by atoms with Crippen molar-refractivity contribution in [3.05, 3.63) is 63.7 Å². The van der Waals surface area contributed by atoms with Crippen LogP contribution >= 0.6 is 27.5 Å². The number of aliphatic hydroxyl groups excluding tert-OH is 1. The molecular weight excluding hydrogens is 496 g/mol. The lowest BCUT2D eigenvalue weighted by Gasteiger charge is -2.18. The maximum absolute atomic E-state index is 12.9. The van der Waals surface area contributed by atoms with E-state index in [0.717, 1.165) is 21.3 Å². The molecule has 0 aliphatic rings. The summed E-state index contributed by atoms with van der Waals surface area (Å²) < 4.78 is 2.57. The third-order valence-corrected chi connectivity index (χ3v) is 5.57. The third kappa shape index (κ3) is 6.49. The molecule has 8 nitrogen and oxygen atoms in total. The maximum Gasteiger partial charge on any atom is 0.291 e. The number of hydrogen-bond acceptors (Lipinski definition) is 6. The van der Waals surface area contributed by atoms with Crippen LogP contribution in [-0.2, 0) is 22.6 Å². The van der Waals surface area contributed by atoms with E-state index in [4.69, 9.17) is 16.7 Å². The minimum absolute atomic E-state index is 0. The summed E-state index contributed by atoms with van der Waals surface area (Å²) in [6, 6.07) is 12.0. The summed E-state index contributed by atoms with van der Waals surface area (Å²) in [5, 5.41) is 23.2. The molecule has 0 spiro atoms. The van der Waals surface area contributed by atoms with Crippen molar-refractivity contribution in [2.45, 2.75) is 25.4 Å². The van der Waals surface area contributed by atoms with E-state index in [1.165, 1.54) is 7.41 Å². The van der Waals surface area contributed by atoms with Gasteiger partial charge in [0.25, 0.3) is 7.41 Å². The van der Waals surface area contributed by atoms with Gasteiger partial charge in [-0.05, 0) is 48.7 Å². The second kappa shape index (κ2) is 11.9. The van der Waals surface area contributed by atoms with Crippen LogP contribution in [0.2, 0.25) is 5.02 Å². The fourth-order valence-corrected chi connectivity index (χ4v) is 3.73. The van der Waals surface area contributed by atoms with Crippen molar-refractivity contribution >= 4 is 52.7 Å². The van der Waals surface area contributed by atoms with E-state index in [-0.39, 0.29) is 15.4 Å². The van der Waals surface area contributed by atoms with Crippen molar-refractivity contribution in [1.29, 1.82) is 0 Å². The first-order chi connectivity index (χ1) is 15.5. The predicted molar refractivity (Wildman–Crippen MR) is 132 cm³/mol. The van der Waals surface area contributed by atoms with Crippen molar-refractivity contribution in [1.82, 2.24) is 20.2 Å². The summed E-state index contributed by atoms with van der Waals surface area (Å²) in [5.74, 6) is -0.304. The maximum atomic E-state index is 12.9. The van der Waals surface area contributed by atoms with Gasteiger partial charge < -0.3 is 20.4 Å². The monoisotopic (exact) mass is 520 g/mol. The SMILES string of the molecule is O=C[B]NC(Cc1cc(Br)ccc1Cl)C(=O)Nc1ccc(-c2cnnn2CCCO)cc1.[HH].[HH]. The third-order valence-electron chi connectivity index (χ3n) is 4.71. The van der Waals surface area contributed by atoms with Crippen LogP contribution in [0.25, 0.3) is 11.3 Å². The van der Waals surface area contributed by atoms with Crippen LogP contribution in [0, 0.1) is 0 Å². The largest absolute Gasteiger partial charge is 0.396 e. The average Bonchev–Trinajstić information content (AvgIpc) is 3.26. The minimum Gasteiger partial charge on any atom is -0.396 e. The lowest BCUT2D eigenvalue weighted by atomic mass is 9.93. The normalized spacial score (nSPS) is 11.7. The van der Waals surface area contributed by atoms with Crippen LogP contribution in [0.1, 0.15) is 14.8 Å². The topological polar surface area (TPSA) is 109 Å². The molecule has 1 heterocycles. The van der Waals surface area contributed by atoms with Crippen LogP contribution in [0.4, 0.5) is 5.69 Å². The van der Waals surface area contributed by atoms with Crippen LogP contribution in [-0.4, -0.2) is 52.3 Å². The van der Waals surface area contributed by atoms with E-state index in [2.05, 4.69) is 36.8 Å². The van der Waals surface area contributed by atoms with E-state index < -0.39 is 6.04 Å². The number of aryl methyl sites for hydroxylation is 1. The van der Waals surface area contributed by atoms with Gasteiger partial charge in [0.05, 0.1) is 24.1 Å². The quantitative estimate of drug-likeness (QED) is 0.264. The van der Waals surface area contributed by atoms with Crippen LogP contribution in [0.3, 0.4) is 0 Å². The van der Waals surface area contributed by atoms with Crippen molar-refractivity contribution in [3.63, 3.8) is 0 Å². The summed E-state index contributed by atoms with van der Waals surface area (Å²) in [6.07, 6.45) is 3.12. The Hall–Kier alpha value is -2.53. The second-order valence-corrected chi connectivity index (χ2v) is 8.27. The molecule has 1 unspecified atom stereocenters. The molecule has 32 heavy (non-hydrogen) atoms. The molecule has 3 N–H and O–H groups in total. The van der Waals surface area contributed by atoms with Crippen molar-refractivity contribution in [2.75, 3.05) is 11.9 Å². The van der Waals surface area contributed by atoms with Gasteiger partial charge in [-0.15, -0.1) is 5.10 Å². The summed E-state index contributed by atoms with van der Waals surface area (Å²) in [4.78, 5) is 23.7. The molecule has 0 aliphatic heterocycles. The van der Waals surface area contributed by atoms with E-state index in [9.17, 15) is 9.59 Å². The van der Waals surface area contributed by atoms with Gasteiger partial charge in [-0.25, -0.2) is 4.68 Å². The second-order valence-electron chi connectivity index (χ2n) is 6.95. The van der Waals surface area contributed by atoms with Gasteiger partial charge in [0.15, 0.2) is 0 Å². The molecule has 0 fully saturated rings. The lowest BCUT2D eigenvalue weighted by Crippen LogP contribution is -2.44. The number of anilines is 1. The molecule has 1 atom stereocenters. The summed E-state index contributed by atoms with van der Waals surface area (Å²) in [7, 11) is 1.19. The zero-order valence-corrected chi connectivity index (χ0v) is 19.4. The number of amides is 1. The molecule has 11 heteroatoms. The Morgan fingerprint density at radius 2 is 2.09 bits per heavy atom. The van der Waals surface area contributed by atoms with Gasteiger partial charge in [-0.1, -0.05) is 44.9 Å². The number of rotatable bonds is 11. The van der Waals surface area contributed by atoms with Gasteiger partial charge in [0.1, 0.15) is 0 Å². The first-order valence-electron chi connectivity index (χ1n) is 9.89. The number of aliphatic hydroxyl groups is 1. The Labute approximate surface area is 202 Å². The summed E-state index contributed by atoms with van der Waals surface area (Å²) in [5.41, 5.74) is 3.08. The van der Waals surface area contributed by atoms with Crippen LogP contribution in [0.15, 0.2) is 53.1 Å².